The van der Waals surface area contributed by atoms with Gasteiger partial charge in [0.2, 0.25) is 5.91 Å². The molecule has 1 heterocycles. The number of nitrogens with one attached hydrogen (secondary N) is 2. The molecule has 0 aliphatic carbocycles. The summed E-state index contributed by atoms with van der Waals surface area (Å²) in [5.41, 5.74) is 3.85. The van der Waals surface area contributed by atoms with E-state index in [1.165, 1.54) is 38.7 Å². The molecule has 2 amide bonds. The van der Waals surface area contributed by atoms with Gasteiger partial charge in [0.25, 0.3) is 5.91 Å². The van der Waals surface area contributed by atoms with Gasteiger partial charge in [0, 0.05) is 17.6 Å². The minimum absolute atomic E-state index is 0.0962. The Kier molecular flexibility index (Phi) is 7.98. The molecular weight excluding hydrogens is 446 g/mol. The zero-order chi connectivity index (χ0) is 23.8. The van der Waals surface area contributed by atoms with Crippen molar-refractivity contribution in [2.75, 3.05) is 26.6 Å². The first-order valence-corrected chi connectivity index (χ1v) is 10.8. The monoisotopic (exact) mass is 469 g/mol. The van der Waals surface area contributed by atoms with E-state index in [1.807, 2.05) is 0 Å². The van der Waals surface area contributed by atoms with Gasteiger partial charge in [-0.25, -0.2) is 9.78 Å². The Bertz CT molecular complexity index is 1150. The second-order valence-corrected chi connectivity index (χ2v) is 7.58. The number of hydrogen-bond acceptors (Lipinski definition) is 8. The van der Waals surface area contributed by atoms with E-state index in [-0.39, 0.29) is 30.3 Å². The fourth-order valence-electron chi connectivity index (χ4n) is 3.07. The summed E-state index contributed by atoms with van der Waals surface area (Å²) >= 11 is 1.40. The standard InChI is InChI=1S/C23H23N3O6S/c1-30-18-4-5-20(31-2)19(10-18)22(28)24-11-14-6-15(23(29)32-3)8-16(7-14)26-21(27)9-17-12-33-13-25-17/h4-8,10,12-13H,9,11H2,1-3H3,(H,24,28)(H,26,27). The number of aromatic nitrogens is 1. The number of hydrogen-bond donors (Lipinski definition) is 2. The third-order valence-corrected chi connectivity index (χ3v) is 5.26. The molecule has 3 rings (SSSR count). The van der Waals surface area contributed by atoms with Crippen LogP contribution in [-0.2, 0) is 22.5 Å². The second kappa shape index (κ2) is 11.1. The van der Waals surface area contributed by atoms with Crippen LogP contribution >= 0.6 is 11.3 Å². The maximum Gasteiger partial charge on any atom is 0.337 e. The highest BCUT2D eigenvalue weighted by atomic mass is 32.1. The molecule has 0 radical (unpaired) electrons. The molecule has 9 nitrogen and oxygen atoms in total. The molecule has 33 heavy (non-hydrogen) atoms. The Hall–Kier alpha value is -3.92. The van der Waals surface area contributed by atoms with Crippen LogP contribution in [0.25, 0.3) is 0 Å². The number of carbonyl (C=O) groups is 3. The molecular formula is C23H23N3O6S. The van der Waals surface area contributed by atoms with Crippen molar-refractivity contribution in [2.45, 2.75) is 13.0 Å². The largest absolute Gasteiger partial charge is 0.497 e. The first kappa shape index (κ1) is 23.7. The molecule has 2 aromatic carbocycles. The van der Waals surface area contributed by atoms with Gasteiger partial charge in [-0.3, -0.25) is 9.59 Å². The number of benzene rings is 2. The Morgan fingerprint density at radius 3 is 2.52 bits per heavy atom. The summed E-state index contributed by atoms with van der Waals surface area (Å²) in [6.45, 7) is 0.0962. The predicted octanol–water partition coefficient (Wildman–Crippen LogP) is 3.06. The minimum atomic E-state index is -0.562. The highest BCUT2D eigenvalue weighted by Crippen LogP contribution is 2.24. The lowest BCUT2D eigenvalue weighted by Crippen LogP contribution is -2.24. The van der Waals surface area contributed by atoms with Crippen LogP contribution in [0.3, 0.4) is 0 Å². The molecule has 10 heteroatoms. The SMILES string of the molecule is COC(=O)c1cc(CNC(=O)c2cc(OC)ccc2OC)cc(NC(=O)Cc2cscn2)c1. The van der Waals surface area contributed by atoms with E-state index in [1.54, 1.807) is 41.2 Å². The van der Waals surface area contributed by atoms with Crippen LogP contribution in [0.1, 0.15) is 32.0 Å². The van der Waals surface area contributed by atoms with Crippen LogP contribution in [-0.4, -0.2) is 44.1 Å². The molecule has 0 saturated heterocycles. The Labute approximate surface area is 194 Å². The number of nitrogens with zero attached hydrogens (tertiary/aromatic N) is 1. The van der Waals surface area contributed by atoms with Crippen molar-refractivity contribution < 1.29 is 28.6 Å². The van der Waals surface area contributed by atoms with Crippen LogP contribution in [0.4, 0.5) is 5.69 Å². The third-order valence-electron chi connectivity index (χ3n) is 4.63. The molecule has 0 unspecified atom stereocenters. The normalized spacial score (nSPS) is 10.3. The highest BCUT2D eigenvalue weighted by molar-refractivity contribution is 7.07. The van der Waals surface area contributed by atoms with Gasteiger partial charge >= 0.3 is 5.97 Å². The summed E-state index contributed by atoms with van der Waals surface area (Å²) in [5.74, 6) is -0.319. The molecule has 0 aliphatic heterocycles. The average molecular weight is 470 g/mol. The van der Waals surface area contributed by atoms with E-state index in [9.17, 15) is 14.4 Å². The van der Waals surface area contributed by atoms with Gasteiger partial charge in [0.05, 0.1) is 50.1 Å². The van der Waals surface area contributed by atoms with Crippen LogP contribution in [0.2, 0.25) is 0 Å². The summed E-state index contributed by atoms with van der Waals surface area (Å²) in [4.78, 5) is 41.3. The van der Waals surface area contributed by atoms with Crippen molar-refractivity contribution in [3.05, 3.63) is 69.7 Å². The van der Waals surface area contributed by atoms with Crippen molar-refractivity contribution in [3.8, 4) is 11.5 Å². The first-order valence-electron chi connectivity index (χ1n) is 9.83. The van der Waals surface area contributed by atoms with Gasteiger partial charge in [-0.1, -0.05) is 0 Å². The molecule has 3 aromatic rings. The first-order chi connectivity index (χ1) is 15.9. The fourth-order valence-corrected chi connectivity index (χ4v) is 3.62. The summed E-state index contributed by atoms with van der Waals surface area (Å²) in [7, 11) is 4.25. The number of ether oxygens (including phenoxy) is 3. The van der Waals surface area contributed by atoms with Crippen LogP contribution in [0.15, 0.2) is 47.3 Å². The molecule has 0 spiro atoms. The van der Waals surface area contributed by atoms with E-state index in [2.05, 4.69) is 15.6 Å². The van der Waals surface area contributed by atoms with Crippen molar-refractivity contribution in [3.63, 3.8) is 0 Å². The number of methoxy groups -OCH3 is 3. The lowest BCUT2D eigenvalue weighted by atomic mass is 10.1. The van der Waals surface area contributed by atoms with Gasteiger partial charge in [-0.15, -0.1) is 11.3 Å². The van der Waals surface area contributed by atoms with Crippen molar-refractivity contribution in [1.82, 2.24) is 10.3 Å². The number of thiazole rings is 1. The van der Waals surface area contributed by atoms with Crippen LogP contribution in [0.5, 0.6) is 11.5 Å². The molecule has 2 N–H and O–H groups in total. The Morgan fingerprint density at radius 1 is 1.03 bits per heavy atom. The number of rotatable bonds is 9. The number of anilines is 1. The number of carbonyl (C=O) groups excluding carboxylic acids is 3. The second-order valence-electron chi connectivity index (χ2n) is 6.86. The smallest absolute Gasteiger partial charge is 0.337 e. The number of esters is 1. The van der Waals surface area contributed by atoms with E-state index in [0.717, 1.165) is 0 Å². The maximum atomic E-state index is 12.8. The van der Waals surface area contributed by atoms with E-state index in [0.29, 0.717) is 34.0 Å². The fraction of sp³-hybridized carbons (Fsp3) is 0.217. The summed E-state index contributed by atoms with van der Waals surface area (Å²) < 4.78 is 15.2. The van der Waals surface area contributed by atoms with E-state index < -0.39 is 5.97 Å². The Morgan fingerprint density at radius 2 is 1.85 bits per heavy atom. The van der Waals surface area contributed by atoms with Crippen LogP contribution in [0, 0.1) is 0 Å². The van der Waals surface area contributed by atoms with Crippen molar-refractivity contribution >= 4 is 34.8 Å². The predicted molar refractivity (Wildman–Crippen MR) is 123 cm³/mol. The molecule has 172 valence electrons. The summed E-state index contributed by atoms with van der Waals surface area (Å²) in [5, 5.41) is 7.35. The zero-order valence-corrected chi connectivity index (χ0v) is 19.2. The highest BCUT2D eigenvalue weighted by Gasteiger charge is 2.15. The topological polar surface area (TPSA) is 116 Å². The summed E-state index contributed by atoms with van der Waals surface area (Å²) in [6, 6.07) is 9.68. The van der Waals surface area contributed by atoms with E-state index >= 15 is 0 Å². The van der Waals surface area contributed by atoms with Crippen LogP contribution < -0.4 is 20.1 Å². The van der Waals surface area contributed by atoms with Gasteiger partial charge in [0.15, 0.2) is 0 Å². The van der Waals surface area contributed by atoms with Gasteiger partial charge in [-0.05, 0) is 42.0 Å². The lowest BCUT2D eigenvalue weighted by molar-refractivity contribution is -0.115. The van der Waals surface area contributed by atoms with Gasteiger partial charge < -0.3 is 24.8 Å². The van der Waals surface area contributed by atoms with Crippen molar-refractivity contribution in [2.24, 2.45) is 0 Å². The molecule has 1 aromatic heterocycles. The average Bonchev–Trinajstić information content (AvgIpc) is 3.34. The molecule has 0 aliphatic rings. The minimum Gasteiger partial charge on any atom is -0.497 e. The van der Waals surface area contributed by atoms with Crippen molar-refractivity contribution in [1.29, 1.82) is 0 Å². The maximum absolute atomic E-state index is 12.8. The third kappa shape index (κ3) is 6.30. The number of amides is 2. The quantitative estimate of drug-likeness (QED) is 0.463. The van der Waals surface area contributed by atoms with E-state index in [4.69, 9.17) is 14.2 Å². The van der Waals surface area contributed by atoms with Gasteiger partial charge in [0.1, 0.15) is 11.5 Å². The Balaban J connectivity index is 1.77. The zero-order valence-electron chi connectivity index (χ0n) is 18.3. The lowest BCUT2D eigenvalue weighted by Gasteiger charge is -2.13. The molecule has 0 fully saturated rings. The molecule has 0 bridgehead atoms. The summed E-state index contributed by atoms with van der Waals surface area (Å²) in [6.07, 6.45) is 0.105. The molecule has 0 saturated carbocycles. The van der Waals surface area contributed by atoms with Gasteiger partial charge in [-0.2, -0.15) is 0 Å². The molecule has 0 atom stereocenters.